The maximum Gasteiger partial charge on any atom is 0.227 e. The molecule has 1 aromatic carbocycles. The first-order chi connectivity index (χ1) is 8.61. The predicted octanol–water partition coefficient (Wildman–Crippen LogP) is 1.31. The summed E-state index contributed by atoms with van der Waals surface area (Å²) in [5, 5.41) is 2.78. The summed E-state index contributed by atoms with van der Waals surface area (Å²) in [5.74, 6) is 0.375. The van der Waals surface area contributed by atoms with E-state index in [1.807, 2.05) is 25.1 Å². The van der Waals surface area contributed by atoms with Crippen LogP contribution in [-0.2, 0) is 4.79 Å². The van der Waals surface area contributed by atoms with Crippen LogP contribution in [0.4, 0.5) is 0 Å². The van der Waals surface area contributed by atoms with Gasteiger partial charge < -0.3 is 15.5 Å². The predicted molar refractivity (Wildman–Crippen MR) is 69.2 cm³/mol. The lowest BCUT2D eigenvalue weighted by Gasteiger charge is -2.11. The van der Waals surface area contributed by atoms with E-state index >= 15 is 0 Å². The van der Waals surface area contributed by atoms with Crippen LogP contribution in [0.1, 0.15) is 24.3 Å². The third-order valence-electron chi connectivity index (χ3n) is 2.86. The van der Waals surface area contributed by atoms with Gasteiger partial charge in [-0.2, -0.15) is 0 Å². The standard InChI is InChI=1S/C13H17N3O2/c1-8(13(17)15-6-5-14)10-3-4-12-11(7-10)16-9(2)18-12/h3-4,7-8H,5-6,14H2,1-2H3,(H,15,17). The van der Waals surface area contributed by atoms with Crippen molar-refractivity contribution in [2.45, 2.75) is 19.8 Å². The summed E-state index contributed by atoms with van der Waals surface area (Å²) < 4.78 is 5.40. The summed E-state index contributed by atoms with van der Waals surface area (Å²) >= 11 is 0. The van der Waals surface area contributed by atoms with Gasteiger partial charge in [0.1, 0.15) is 5.52 Å². The molecule has 0 saturated heterocycles. The van der Waals surface area contributed by atoms with Crippen LogP contribution in [0.5, 0.6) is 0 Å². The Labute approximate surface area is 105 Å². The van der Waals surface area contributed by atoms with E-state index in [-0.39, 0.29) is 11.8 Å². The lowest BCUT2D eigenvalue weighted by Crippen LogP contribution is -2.32. The van der Waals surface area contributed by atoms with E-state index in [0.717, 1.165) is 16.7 Å². The number of oxazole rings is 1. The molecule has 96 valence electrons. The van der Waals surface area contributed by atoms with Crippen LogP contribution in [0.15, 0.2) is 22.6 Å². The van der Waals surface area contributed by atoms with E-state index in [1.165, 1.54) is 0 Å². The second kappa shape index (κ2) is 5.18. The number of hydrogen-bond donors (Lipinski definition) is 2. The zero-order valence-electron chi connectivity index (χ0n) is 10.6. The van der Waals surface area contributed by atoms with Crippen molar-refractivity contribution < 1.29 is 9.21 Å². The fourth-order valence-electron chi connectivity index (χ4n) is 1.83. The van der Waals surface area contributed by atoms with Crippen LogP contribution in [0, 0.1) is 6.92 Å². The van der Waals surface area contributed by atoms with Crippen LogP contribution in [-0.4, -0.2) is 24.0 Å². The lowest BCUT2D eigenvalue weighted by molar-refractivity contribution is -0.122. The van der Waals surface area contributed by atoms with Gasteiger partial charge in [-0.15, -0.1) is 0 Å². The van der Waals surface area contributed by atoms with Gasteiger partial charge in [0.05, 0.1) is 5.92 Å². The Morgan fingerprint density at radius 1 is 1.56 bits per heavy atom. The van der Waals surface area contributed by atoms with E-state index in [2.05, 4.69) is 10.3 Å². The van der Waals surface area contributed by atoms with E-state index in [4.69, 9.17) is 10.2 Å². The highest BCUT2D eigenvalue weighted by atomic mass is 16.3. The number of hydrogen-bond acceptors (Lipinski definition) is 4. The van der Waals surface area contributed by atoms with Crippen molar-refractivity contribution in [1.82, 2.24) is 10.3 Å². The number of aromatic nitrogens is 1. The number of fused-ring (bicyclic) bond motifs is 1. The van der Waals surface area contributed by atoms with Crippen molar-refractivity contribution in [2.24, 2.45) is 5.73 Å². The molecule has 0 spiro atoms. The molecule has 5 nitrogen and oxygen atoms in total. The number of nitrogens with two attached hydrogens (primary N) is 1. The van der Waals surface area contributed by atoms with Gasteiger partial charge in [0, 0.05) is 20.0 Å². The molecule has 0 fully saturated rings. The topological polar surface area (TPSA) is 81.2 Å². The minimum Gasteiger partial charge on any atom is -0.441 e. The maximum atomic E-state index is 11.8. The van der Waals surface area contributed by atoms with Crippen LogP contribution in [0.25, 0.3) is 11.1 Å². The van der Waals surface area contributed by atoms with Gasteiger partial charge in [0.15, 0.2) is 11.5 Å². The summed E-state index contributed by atoms with van der Waals surface area (Å²) in [6.07, 6.45) is 0. The molecule has 1 atom stereocenters. The highest BCUT2D eigenvalue weighted by molar-refractivity contribution is 5.85. The molecule has 18 heavy (non-hydrogen) atoms. The number of benzene rings is 1. The number of nitrogens with one attached hydrogen (secondary N) is 1. The quantitative estimate of drug-likeness (QED) is 0.853. The fraction of sp³-hybridized carbons (Fsp3) is 0.385. The Kier molecular flexibility index (Phi) is 3.62. The Bertz CT molecular complexity index is 562. The number of carbonyl (C=O) groups excluding carboxylic acids is 1. The molecule has 1 heterocycles. The van der Waals surface area contributed by atoms with Crippen molar-refractivity contribution in [3.05, 3.63) is 29.7 Å². The normalized spacial score (nSPS) is 12.6. The molecule has 0 bridgehead atoms. The van der Waals surface area contributed by atoms with E-state index in [0.29, 0.717) is 19.0 Å². The highest BCUT2D eigenvalue weighted by Crippen LogP contribution is 2.22. The number of amides is 1. The lowest BCUT2D eigenvalue weighted by atomic mass is 10.00. The highest BCUT2D eigenvalue weighted by Gasteiger charge is 2.15. The second-order valence-corrected chi connectivity index (χ2v) is 4.26. The monoisotopic (exact) mass is 247 g/mol. The van der Waals surface area contributed by atoms with Crippen molar-refractivity contribution in [3.63, 3.8) is 0 Å². The smallest absolute Gasteiger partial charge is 0.227 e. The average molecular weight is 247 g/mol. The largest absolute Gasteiger partial charge is 0.441 e. The molecule has 0 radical (unpaired) electrons. The Morgan fingerprint density at radius 3 is 3.06 bits per heavy atom. The molecule has 1 unspecified atom stereocenters. The molecular weight excluding hydrogens is 230 g/mol. The molecular formula is C13H17N3O2. The van der Waals surface area contributed by atoms with Gasteiger partial charge in [-0.3, -0.25) is 4.79 Å². The van der Waals surface area contributed by atoms with E-state index in [9.17, 15) is 4.79 Å². The molecule has 2 aromatic rings. The molecule has 0 aliphatic carbocycles. The molecule has 2 rings (SSSR count). The van der Waals surface area contributed by atoms with Crippen molar-refractivity contribution in [2.75, 3.05) is 13.1 Å². The Balaban J connectivity index is 2.21. The zero-order chi connectivity index (χ0) is 13.1. The summed E-state index contributed by atoms with van der Waals surface area (Å²) in [5.41, 5.74) is 7.80. The number of carbonyl (C=O) groups is 1. The molecule has 0 saturated carbocycles. The Hall–Kier alpha value is -1.88. The minimum absolute atomic E-state index is 0.0278. The molecule has 1 aromatic heterocycles. The summed E-state index contributed by atoms with van der Waals surface area (Å²) in [7, 11) is 0. The first kappa shape index (κ1) is 12.6. The van der Waals surface area contributed by atoms with Crippen LogP contribution in [0.3, 0.4) is 0 Å². The number of aryl methyl sites for hydroxylation is 1. The summed E-state index contributed by atoms with van der Waals surface area (Å²) in [6.45, 7) is 4.60. The maximum absolute atomic E-state index is 11.8. The SMILES string of the molecule is Cc1nc2cc(C(C)C(=O)NCCN)ccc2o1. The zero-order valence-corrected chi connectivity index (χ0v) is 10.6. The summed E-state index contributed by atoms with van der Waals surface area (Å²) in [6, 6.07) is 5.62. The van der Waals surface area contributed by atoms with Gasteiger partial charge in [-0.05, 0) is 24.6 Å². The van der Waals surface area contributed by atoms with Gasteiger partial charge in [-0.25, -0.2) is 4.98 Å². The second-order valence-electron chi connectivity index (χ2n) is 4.26. The first-order valence-corrected chi connectivity index (χ1v) is 5.96. The van der Waals surface area contributed by atoms with Gasteiger partial charge >= 0.3 is 0 Å². The van der Waals surface area contributed by atoms with Crippen LogP contribution in [0.2, 0.25) is 0 Å². The molecule has 0 aliphatic heterocycles. The minimum atomic E-state index is -0.224. The van der Waals surface area contributed by atoms with Gasteiger partial charge in [-0.1, -0.05) is 6.07 Å². The third-order valence-corrected chi connectivity index (χ3v) is 2.86. The number of nitrogens with zero attached hydrogens (tertiary/aromatic N) is 1. The van der Waals surface area contributed by atoms with Crippen LogP contribution >= 0.6 is 0 Å². The van der Waals surface area contributed by atoms with E-state index in [1.54, 1.807) is 6.92 Å². The Morgan fingerprint density at radius 2 is 2.33 bits per heavy atom. The summed E-state index contributed by atoms with van der Waals surface area (Å²) in [4.78, 5) is 16.1. The van der Waals surface area contributed by atoms with Crippen molar-refractivity contribution in [1.29, 1.82) is 0 Å². The van der Waals surface area contributed by atoms with Crippen LogP contribution < -0.4 is 11.1 Å². The van der Waals surface area contributed by atoms with E-state index < -0.39 is 0 Å². The van der Waals surface area contributed by atoms with Gasteiger partial charge in [0.2, 0.25) is 5.91 Å². The molecule has 1 amide bonds. The number of rotatable bonds is 4. The van der Waals surface area contributed by atoms with Gasteiger partial charge in [0.25, 0.3) is 0 Å². The average Bonchev–Trinajstić information content (AvgIpc) is 2.73. The van der Waals surface area contributed by atoms with Crippen molar-refractivity contribution >= 4 is 17.0 Å². The fourth-order valence-corrected chi connectivity index (χ4v) is 1.83. The molecule has 0 aliphatic rings. The van der Waals surface area contributed by atoms with Crippen molar-refractivity contribution in [3.8, 4) is 0 Å². The third kappa shape index (κ3) is 2.51. The first-order valence-electron chi connectivity index (χ1n) is 5.96. The molecule has 3 N–H and O–H groups in total. The molecule has 5 heteroatoms.